The Morgan fingerprint density at radius 3 is 2.06 bits per heavy atom. The number of nitrogens with two attached hydrogens (primary N) is 2. The van der Waals surface area contributed by atoms with Crippen LogP contribution in [0.3, 0.4) is 0 Å². The lowest BCUT2D eigenvalue weighted by Gasteiger charge is -2.01. The van der Waals surface area contributed by atoms with Crippen LogP contribution in [0.4, 0.5) is 11.4 Å². The molecule has 2 rings (SSSR count). The average Bonchev–Trinajstić information content (AvgIpc) is 2.39. The number of oxime groups is 1. The molecule has 0 aliphatic rings. The van der Waals surface area contributed by atoms with E-state index in [1.54, 1.807) is 0 Å². The fourth-order valence-corrected chi connectivity index (χ4v) is 1.23. The Kier molecular flexibility index (Phi) is 5.83. The van der Waals surface area contributed by atoms with Crippen LogP contribution in [0.2, 0.25) is 0 Å². The summed E-state index contributed by atoms with van der Waals surface area (Å²) in [6.07, 6.45) is 0. The van der Waals surface area contributed by atoms with Crippen molar-refractivity contribution in [3.63, 3.8) is 0 Å². The van der Waals surface area contributed by atoms with Gasteiger partial charge in [0.25, 0.3) is 0 Å². The Morgan fingerprint density at radius 2 is 1.56 bits per heavy atom. The molecular formula is C14H17N3O. The van der Waals surface area contributed by atoms with E-state index in [0.717, 1.165) is 16.9 Å². The van der Waals surface area contributed by atoms with Crippen molar-refractivity contribution < 1.29 is 4.84 Å². The number of hydrogen-bond donors (Lipinski definition) is 2. The third kappa shape index (κ3) is 5.03. The third-order valence-corrected chi connectivity index (χ3v) is 2.17. The standard InChI is InChI=1S/C8H10N2O.C6H7N/c1-10-11-6-7-4-2-3-5-8(7)9;7-6-4-2-1-3-5-6/h2-5H,1,6,9H2;1-5H,7H2. The Labute approximate surface area is 107 Å². The van der Waals surface area contributed by atoms with Crippen molar-refractivity contribution in [1.82, 2.24) is 0 Å². The van der Waals surface area contributed by atoms with E-state index >= 15 is 0 Å². The molecule has 94 valence electrons. The molecule has 0 aromatic heterocycles. The zero-order chi connectivity index (χ0) is 13.2. The maximum atomic E-state index is 5.62. The van der Waals surface area contributed by atoms with Gasteiger partial charge in [-0.3, -0.25) is 0 Å². The fraction of sp³-hybridized carbons (Fsp3) is 0.0714. The summed E-state index contributed by atoms with van der Waals surface area (Å²) in [5.41, 5.74) is 13.4. The molecule has 18 heavy (non-hydrogen) atoms. The van der Waals surface area contributed by atoms with E-state index in [2.05, 4.69) is 11.9 Å². The molecule has 4 nitrogen and oxygen atoms in total. The summed E-state index contributed by atoms with van der Waals surface area (Å²) < 4.78 is 0. The molecule has 0 radical (unpaired) electrons. The van der Waals surface area contributed by atoms with Crippen LogP contribution in [0.15, 0.2) is 59.8 Å². The molecule has 0 saturated heterocycles. The van der Waals surface area contributed by atoms with Crippen LogP contribution in [-0.4, -0.2) is 6.72 Å². The summed E-state index contributed by atoms with van der Waals surface area (Å²) in [7, 11) is 0. The van der Waals surface area contributed by atoms with Gasteiger partial charge in [0, 0.05) is 23.7 Å². The summed E-state index contributed by atoms with van der Waals surface area (Å²) in [6, 6.07) is 17.0. The molecule has 0 amide bonds. The molecule has 0 unspecified atom stereocenters. The molecule has 4 N–H and O–H groups in total. The van der Waals surface area contributed by atoms with Gasteiger partial charge in [-0.15, -0.1) is 5.16 Å². The number of anilines is 2. The van der Waals surface area contributed by atoms with Gasteiger partial charge in [0.2, 0.25) is 0 Å². The highest BCUT2D eigenvalue weighted by molar-refractivity contribution is 5.45. The zero-order valence-electron chi connectivity index (χ0n) is 10.1. The normalized spacial score (nSPS) is 8.89. The highest BCUT2D eigenvalue weighted by Gasteiger charge is 1.95. The number of rotatable bonds is 3. The second-order valence-electron chi connectivity index (χ2n) is 3.51. The largest absolute Gasteiger partial charge is 0.399 e. The molecule has 2 aromatic rings. The smallest absolute Gasteiger partial charge is 0.144 e. The summed E-state index contributed by atoms with van der Waals surface area (Å²) >= 11 is 0. The SMILES string of the molecule is C=NOCc1ccccc1N.Nc1ccccc1. The average molecular weight is 243 g/mol. The predicted molar refractivity (Wildman–Crippen MR) is 76.0 cm³/mol. The van der Waals surface area contributed by atoms with Gasteiger partial charge in [-0.2, -0.15) is 0 Å². The molecule has 2 aromatic carbocycles. The van der Waals surface area contributed by atoms with Crippen LogP contribution in [0.5, 0.6) is 0 Å². The van der Waals surface area contributed by atoms with Crippen molar-refractivity contribution in [3.8, 4) is 0 Å². The van der Waals surface area contributed by atoms with Crippen LogP contribution in [0.25, 0.3) is 0 Å². The van der Waals surface area contributed by atoms with Gasteiger partial charge in [0.15, 0.2) is 0 Å². The minimum Gasteiger partial charge on any atom is -0.399 e. The predicted octanol–water partition coefficient (Wildman–Crippen LogP) is 2.67. The van der Waals surface area contributed by atoms with Gasteiger partial charge in [0.1, 0.15) is 6.61 Å². The fourth-order valence-electron chi connectivity index (χ4n) is 1.23. The van der Waals surface area contributed by atoms with Gasteiger partial charge in [-0.05, 0) is 18.2 Å². The zero-order valence-corrected chi connectivity index (χ0v) is 10.1. The first-order valence-corrected chi connectivity index (χ1v) is 5.46. The lowest BCUT2D eigenvalue weighted by atomic mass is 10.2. The van der Waals surface area contributed by atoms with E-state index in [0.29, 0.717) is 6.61 Å². The third-order valence-electron chi connectivity index (χ3n) is 2.17. The summed E-state index contributed by atoms with van der Waals surface area (Å²) in [6.45, 7) is 3.58. The number of nitrogen functional groups attached to an aromatic ring is 2. The molecule has 0 heterocycles. The van der Waals surface area contributed by atoms with Gasteiger partial charge < -0.3 is 16.3 Å². The van der Waals surface area contributed by atoms with Gasteiger partial charge >= 0.3 is 0 Å². The van der Waals surface area contributed by atoms with Crippen LogP contribution >= 0.6 is 0 Å². The quantitative estimate of drug-likeness (QED) is 0.494. The van der Waals surface area contributed by atoms with E-state index in [9.17, 15) is 0 Å². The number of nitrogens with zero attached hydrogens (tertiary/aromatic N) is 1. The van der Waals surface area contributed by atoms with Crippen LogP contribution in [-0.2, 0) is 11.4 Å². The van der Waals surface area contributed by atoms with Crippen molar-refractivity contribution >= 4 is 18.1 Å². The van der Waals surface area contributed by atoms with E-state index in [1.807, 2.05) is 54.6 Å². The van der Waals surface area contributed by atoms with Gasteiger partial charge in [-0.25, -0.2) is 0 Å². The molecular weight excluding hydrogens is 226 g/mol. The molecule has 0 saturated carbocycles. The lowest BCUT2D eigenvalue weighted by Crippen LogP contribution is -1.94. The topological polar surface area (TPSA) is 73.6 Å². The molecule has 4 heteroatoms. The van der Waals surface area contributed by atoms with Gasteiger partial charge in [-0.1, -0.05) is 36.4 Å². The van der Waals surface area contributed by atoms with E-state index in [1.165, 1.54) is 0 Å². The second kappa shape index (κ2) is 7.73. The summed E-state index contributed by atoms with van der Waals surface area (Å²) in [5.74, 6) is 0. The monoisotopic (exact) mass is 243 g/mol. The van der Waals surface area contributed by atoms with Crippen molar-refractivity contribution in [2.75, 3.05) is 11.5 Å². The van der Waals surface area contributed by atoms with Crippen LogP contribution in [0, 0.1) is 0 Å². The highest BCUT2D eigenvalue weighted by Crippen LogP contribution is 2.11. The Bertz CT molecular complexity index is 471. The van der Waals surface area contributed by atoms with Crippen molar-refractivity contribution in [2.45, 2.75) is 6.61 Å². The maximum absolute atomic E-state index is 5.62. The van der Waals surface area contributed by atoms with Crippen molar-refractivity contribution in [1.29, 1.82) is 0 Å². The first kappa shape index (κ1) is 13.6. The molecule has 0 aliphatic carbocycles. The van der Waals surface area contributed by atoms with E-state index < -0.39 is 0 Å². The summed E-state index contributed by atoms with van der Waals surface area (Å²) in [5, 5.41) is 3.27. The maximum Gasteiger partial charge on any atom is 0.144 e. The number of hydrogen-bond acceptors (Lipinski definition) is 4. The lowest BCUT2D eigenvalue weighted by molar-refractivity contribution is 0.133. The van der Waals surface area contributed by atoms with E-state index in [4.69, 9.17) is 16.3 Å². The van der Waals surface area contributed by atoms with Crippen molar-refractivity contribution in [3.05, 3.63) is 60.2 Å². The molecule has 0 fully saturated rings. The summed E-state index contributed by atoms with van der Waals surface area (Å²) in [4.78, 5) is 4.73. The first-order valence-electron chi connectivity index (χ1n) is 5.46. The number of para-hydroxylation sites is 2. The van der Waals surface area contributed by atoms with Crippen molar-refractivity contribution in [2.24, 2.45) is 5.16 Å². The molecule has 0 atom stereocenters. The van der Waals surface area contributed by atoms with E-state index in [-0.39, 0.29) is 0 Å². The van der Waals surface area contributed by atoms with Crippen LogP contribution in [0.1, 0.15) is 5.56 Å². The Hall–Kier alpha value is -2.49. The van der Waals surface area contributed by atoms with Crippen LogP contribution < -0.4 is 11.5 Å². The highest BCUT2D eigenvalue weighted by atomic mass is 16.6. The van der Waals surface area contributed by atoms with Gasteiger partial charge in [0.05, 0.1) is 0 Å². The minimum absolute atomic E-state index is 0.385. The molecule has 0 bridgehead atoms. The molecule has 0 spiro atoms. The Balaban J connectivity index is 0.000000199. The minimum atomic E-state index is 0.385. The first-order chi connectivity index (χ1) is 8.74. The Morgan fingerprint density at radius 1 is 0.944 bits per heavy atom. The molecule has 0 aliphatic heterocycles. The number of benzene rings is 2. The second-order valence-corrected chi connectivity index (χ2v) is 3.51.